The number of hydrogen-bond donors (Lipinski definition) is 0. The molecule has 0 radical (unpaired) electrons. The first-order valence-corrected chi connectivity index (χ1v) is 28.2. The summed E-state index contributed by atoms with van der Waals surface area (Å²) in [6.45, 7) is 0. The van der Waals surface area contributed by atoms with E-state index in [1.54, 1.807) is 0 Å². The van der Waals surface area contributed by atoms with Crippen LogP contribution in [0.1, 0.15) is 89.9 Å². The predicted molar refractivity (Wildman–Crippen MR) is 258 cm³/mol. The highest BCUT2D eigenvalue weighted by atomic mass is 14.7. The Morgan fingerprint density at radius 3 is 0.857 bits per heavy atom. The highest BCUT2D eigenvalue weighted by molar-refractivity contribution is 5.28. The molecule has 0 amide bonds. The zero-order chi connectivity index (χ0) is 47.7. The lowest BCUT2D eigenvalue weighted by Crippen LogP contribution is -2.37. The van der Waals surface area contributed by atoms with Gasteiger partial charge in [-0.3, -0.25) is 0 Å². The molecule has 70 heavy (non-hydrogen) atoms. The van der Waals surface area contributed by atoms with E-state index in [1.807, 2.05) is 0 Å². The molecule has 12 saturated carbocycles. The van der Waals surface area contributed by atoms with Gasteiger partial charge in [0.2, 0.25) is 0 Å². The van der Waals surface area contributed by atoms with Crippen LogP contribution in [0.15, 0.2) is 48.6 Å². The van der Waals surface area contributed by atoms with Gasteiger partial charge >= 0.3 is 0 Å². The molecule has 8 heteroatoms. The molecule has 0 aromatic carbocycles. The molecule has 0 aromatic rings. The number of fused-ring (bicyclic) bond motifs is 36. The Bertz CT molecular complexity index is 2520. The second kappa shape index (κ2) is 17.3. The zero-order valence-corrected chi connectivity index (χ0v) is 40.6. The van der Waals surface area contributed by atoms with Crippen LogP contribution >= 0.6 is 0 Å². The van der Waals surface area contributed by atoms with E-state index in [-0.39, 0.29) is 17.8 Å². The summed E-state index contributed by atoms with van der Waals surface area (Å²) in [5.74, 6) is 21.2. The van der Waals surface area contributed by atoms with Crippen molar-refractivity contribution < 1.29 is 0 Å². The lowest BCUT2D eigenvalue weighted by atomic mass is 9.63. The standard InChI is InChI=1S/C17H20N2.C16H18N2.C15H16N2.C14H14N2/c18-6-1-2-12-13(5-7-19)15-9-14(12)16-10-3-4-11(8-10)17(15)16;17-5-3-11-12(4-6-18)14-8-13(11)15-9-1-2-10(7-9)16(14)15;16-4-3-10-11-6-12(13(10)7-17)15-9-2-1-8(5-9)14(11)15;15-5-11-9-4-10(12(11)6-16)14-8-2-1-7(3-8)13(9)14/h3-4,10-17H,1-2,5,8-9H2;1-2,9-16H,3-4,7-8H2;1-2,8-15H,3,5-6H2;1-2,7-14H,3-4H2. The molecule has 0 heterocycles. The molecule has 0 N–H and O–H groups in total. The summed E-state index contributed by atoms with van der Waals surface area (Å²) in [6, 6.07) is 19.2. The molecule has 0 saturated heterocycles. The Hall–Kier alpha value is -5.12. The Labute approximate surface area is 416 Å². The lowest BCUT2D eigenvalue weighted by Gasteiger charge is -2.41. The van der Waals surface area contributed by atoms with Crippen LogP contribution in [0, 0.1) is 280 Å². The molecule has 356 valence electrons. The van der Waals surface area contributed by atoms with E-state index in [1.165, 1.54) is 44.9 Å². The highest BCUT2D eigenvalue weighted by Gasteiger charge is 2.68. The summed E-state index contributed by atoms with van der Waals surface area (Å²) in [7, 11) is 0. The molecule has 16 aliphatic carbocycles. The normalized spacial score (nSPS) is 55.5. The van der Waals surface area contributed by atoms with Crippen LogP contribution in [0.5, 0.6) is 0 Å². The molecular weight excluding hydrogens is 857 g/mol. The van der Waals surface area contributed by atoms with Gasteiger partial charge in [-0.1, -0.05) is 48.6 Å². The van der Waals surface area contributed by atoms with Gasteiger partial charge in [0.15, 0.2) is 0 Å². The van der Waals surface area contributed by atoms with Crippen molar-refractivity contribution in [2.45, 2.75) is 89.9 Å². The number of nitriles is 8. The van der Waals surface area contributed by atoms with E-state index in [2.05, 4.69) is 97.2 Å². The molecule has 32 unspecified atom stereocenters. The fourth-order valence-electron chi connectivity index (χ4n) is 23.6. The third kappa shape index (κ3) is 6.21. The van der Waals surface area contributed by atoms with Crippen molar-refractivity contribution in [3.05, 3.63) is 48.6 Å². The van der Waals surface area contributed by atoms with E-state index < -0.39 is 0 Å². The third-order valence-corrected chi connectivity index (χ3v) is 24.9. The number of allylic oxidation sites excluding steroid dienone is 8. The van der Waals surface area contributed by atoms with Gasteiger partial charge in [-0.25, -0.2) is 0 Å². The van der Waals surface area contributed by atoms with Gasteiger partial charge < -0.3 is 0 Å². The summed E-state index contributed by atoms with van der Waals surface area (Å²) in [6.07, 6.45) is 34.2. The molecule has 0 aromatic heterocycles. The van der Waals surface area contributed by atoms with E-state index in [0.717, 1.165) is 138 Å². The number of hydrogen-bond acceptors (Lipinski definition) is 8. The number of nitrogens with zero attached hydrogens (tertiary/aromatic N) is 8. The fourth-order valence-corrected chi connectivity index (χ4v) is 23.6. The number of rotatable bonds is 6. The topological polar surface area (TPSA) is 190 Å². The molecule has 8 nitrogen and oxygen atoms in total. The quantitative estimate of drug-likeness (QED) is 0.186. The minimum Gasteiger partial charge on any atom is -0.198 e. The third-order valence-electron chi connectivity index (χ3n) is 24.9. The monoisotopic (exact) mass is 925 g/mol. The molecular formula is C62H68N8. The SMILES string of the molecule is N#CC1C(C#N)C2CC1C1C3C=CC(C3)C21.N#CCC1C(C#N)C2CC1C1C3C=CC(C3)C21.N#CCC1C(CC#N)C2CC1C1C3C=CC(C3)C21.N#CCCC1C(CC#N)C2CC1C1C3C=CC(C3)C21. The second-order valence-corrected chi connectivity index (χ2v) is 26.1. The average Bonchev–Trinajstić information content (AvgIpc) is 4.20. The van der Waals surface area contributed by atoms with E-state index in [0.29, 0.717) is 78.9 Å². The molecule has 16 rings (SSSR count). The minimum absolute atomic E-state index is 0.0315. The Morgan fingerprint density at radius 2 is 0.529 bits per heavy atom. The van der Waals surface area contributed by atoms with Crippen molar-refractivity contribution >= 4 is 0 Å². The van der Waals surface area contributed by atoms with Crippen molar-refractivity contribution in [2.75, 3.05) is 0 Å². The van der Waals surface area contributed by atoms with Crippen LogP contribution in [0.2, 0.25) is 0 Å². The largest absolute Gasteiger partial charge is 0.198 e. The highest BCUT2D eigenvalue weighted by Crippen LogP contribution is 2.73. The molecule has 0 aliphatic heterocycles. The minimum atomic E-state index is 0.0315. The summed E-state index contributed by atoms with van der Waals surface area (Å²) in [5.41, 5.74) is 0. The van der Waals surface area contributed by atoms with E-state index >= 15 is 0 Å². The molecule has 12 fully saturated rings. The van der Waals surface area contributed by atoms with Crippen LogP contribution in [0.4, 0.5) is 0 Å². The predicted octanol–water partition coefficient (Wildman–Crippen LogP) is 11.8. The van der Waals surface area contributed by atoms with Crippen molar-refractivity contribution in [1.82, 2.24) is 0 Å². The van der Waals surface area contributed by atoms with Crippen molar-refractivity contribution in [1.29, 1.82) is 42.1 Å². The summed E-state index contributed by atoms with van der Waals surface area (Å²) in [5, 5.41) is 73.0. The van der Waals surface area contributed by atoms with Crippen LogP contribution in [-0.2, 0) is 0 Å². The van der Waals surface area contributed by atoms with Crippen molar-refractivity contribution in [3.8, 4) is 48.6 Å². The molecule has 32 atom stereocenters. The van der Waals surface area contributed by atoms with Gasteiger partial charge in [0.1, 0.15) is 0 Å². The van der Waals surface area contributed by atoms with Crippen LogP contribution in [-0.4, -0.2) is 0 Å². The maximum atomic E-state index is 9.40. The maximum absolute atomic E-state index is 9.40. The van der Waals surface area contributed by atoms with Crippen molar-refractivity contribution in [2.24, 2.45) is 189 Å². The van der Waals surface area contributed by atoms with Crippen molar-refractivity contribution in [3.63, 3.8) is 0 Å². The van der Waals surface area contributed by atoms with Gasteiger partial charge in [-0.05, 0) is 229 Å². The molecule has 0 spiro atoms. The smallest absolute Gasteiger partial charge is 0.0672 e. The van der Waals surface area contributed by atoms with Gasteiger partial charge in [-0.15, -0.1) is 0 Å². The van der Waals surface area contributed by atoms with Gasteiger partial charge in [0.25, 0.3) is 0 Å². The van der Waals surface area contributed by atoms with E-state index in [4.69, 9.17) is 26.3 Å². The Kier molecular flexibility index (Phi) is 11.1. The average molecular weight is 925 g/mol. The van der Waals surface area contributed by atoms with Gasteiger partial charge in [-0.2, -0.15) is 42.1 Å². The first-order chi connectivity index (χ1) is 34.4. The summed E-state index contributed by atoms with van der Waals surface area (Å²) in [4.78, 5) is 0. The summed E-state index contributed by atoms with van der Waals surface area (Å²) >= 11 is 0. The van der Waals surface area contributed by atoms with Gasteiger partial charge in [0, 0.05) is 32.1 Å². The van der Waals surface area contributed by atoms with E-state index in [9.17, 15) is 15.8 Å². The lowest BCUT2D eigenvalue weighted by molar-refractivity contribution is 0.0855. The van der Waals surface area contributed by atoms with Crippen LogP contribution < -0.4 is 0 Å². The Balaban J connectivity index is 0.0000000916. The first-order valence-electron chi connectivity index (χ1n) is 28.2. The van der Waals surface area contributed by atoms with Gasteiger partial charge in [0.05, 0.1) is 66.3 Å². The zero-order valence-electron chi connectivity index (χ0n) is 40.6. The Morgan fingerprint density at radius 1 is 0.271 bits per heavy atom. The van der Waals surface area contributed by atoms with Crippen LogP contribution in [0.3, 0.4) is 0 Å². The summed E-state index contributed by atoms with van der Waals surface area (Å²) < 4.78 is 0. The maximum Gasteiger partial charge on any atom is 0.0672 e. The van der Waals surface area contributed by atoms with Crippen LogP contribution in [0.25, 0.3) is 0 Å². The first kappa shape index (κ1) is 44.8. The second-order valence-electron chi connectivity index (χ2n) is 26.1. The molecule has 16 bridgehead atoms. The fraction of sp³-hybridized carbons (Fsp3) is 0.742. The molecule has 16 aliphatic rings.